The van der Waals surface area contributed by atoms with E-state index in [0.717, 1.165) is 15.4 Å². The highest BCUT2D eigenvalue weighted by Gasteiger charge is 2.04. The highest BCUT2D eigenvalue weighted by atomic mass is 79.9. The zero-order chi connectivity index (χ0) is 10.8. The summed E-state index contributed by atoms with van der Waals surface area (Å²) in [5.74, 6) is -0.809. The van der Waals surface area contributed by atoms with Crippen LogP contribution in [0.2, 0.25) is 0 Å². The summed E-state index contributed by atoms with van der Waals surface area (Å²) in [7, 11) is 0. The van der Waals surface area contributed by atoms with E-state index in [2.05, 4.69) is 21.0 Å². The van der Waals surface area contributed by atoms with E-state index < -0.39 is 5.97 Å². The summed E-state index contributed by atoms with van der Waals surface area (Å²) in [5, 5.41) is 13.7. The molecule has 0 unspecified atom stereocenters. The van der Waals surface area contributed by atoms with Gasteiger partial charge in [0.1, 0.15) is 0 Å². The van der Waals surface area contributed by atoms with Crippen LogP contribution >= 0.6 is 15.9 Å². The fraction of sp³-hybridized carbons (Fsp3) is 0.200. The number of carbonyl (C=O) groups is 1. The standard InChI is InChI=1S/C10H9BrN2O2/c11-8-1-2-9-7(5-8)6-12-13(9)4-3-10(14)15/h1-2,5-6H,3-4H2,(H,14,15). The van der Waals surface area contributed by atoms with Crippen LogP contribution in [0.15, 0.2) is 28.9 Å². The number of carboxylic acid groups (broad SMARTS) is 1. The number of hydrogen-bond acceptors (Lipinski definition) is 2. The summed E-state index contributed by atoms with van der Waals surface area (Å²) < 4.78 is 2.70. The number of halogens is 1. The van der Waals surface area contributed by atoms with Gasteiger partial charge in [-0.15, -0.1) is 0 Å². The monoisotopic (exact) mass is 268 g/mol. The van der Waals surface area contributed by atoms with Crippen molar-refractivity contribution in [3.8, 4) is 0 Å². The van der Waals surface area contributed by atoms with Gasteiger partial charge < -0.3 is 5.11 Å². The van der Waals surface area contributed by atoms with Crippen LogP contribution < -0.4 is 0 Å². The van der Waals surface area contributed by atoms with E-state index in [1.165, 1.54) is 0 Å². The quantitative estimate of drug-likeness (QED) is 0.929. The first kappa shape index (κ1) is 10.2. The van der Waals surface area contributed by atoms with Crippen molar-refractivity contribution in [3.63, 3.8) is 0 Å². The van der Waals surface area contributed by atoms with Crippen LogP contribution in [0.25, 0.3) is 10.9 Å². The number of rotatable bonds is 3. The number of carboxylic acids is 1. The number of fused-ring (bicyclic) bond motifs is 1. The van der Waals surface area contributed by atoms with E-state index >= 15 is 0 Å². The third-order valence-electron chi connectivity index (χ3n) is 2.14. The zero-order valence-electron chi connectivity index (χ0n) is 7.85. The SMILES string of the molecule is O=C(O)CCn1ncc2cc(Br)ccc21. The molecule has 78 valence electrons. The summed E-state index contributed by atoms with van der Waals surface area (Å²) in [4.78, 5) is 10.4. The number of aryl methyl sites for hydroxylation is 1. The molecule has 0 saturated heterocycles. The lowest BCUT2D eigenvalue weighted by molar-refractivity contribution is -0.137. The largest absolute Gasteiger partial charge is 0.481 e. The molecule has 1 aromatic heterocycles. The Bertz CT molecular complexity index is 507. The van der Waals surface area contributed by atoms with Gasteiger partial charge in [-0.1, -0.05) is 15.9 Å². The molecule has 0 fully saturated rings. The molecule has 2 rings (SSSR count). The highest BCUT2D eigenvalue weighted by Crippen LogP contribution is 2.19. The average Bonchev–Trinajstić information content (AvgIpc) is 2.57. The van der Waals surface area contributed by atoms with Crippen molar-refractivity contribution in [1.29, 1.82) is 0 Å². The molecule has 2 aromatic rings. The molecule has 15 heavy (non-hydrogen) atoms. The average molecular weight is 269 g/mol. The molecule has 0 aliphatic carbocycles. The molecular formula is C10H9BrN2O2. The van der Waals surface area contributed by atoms with Gasteiger partial charge in [0.2, 0.25) is 0 Å². The molecule has 1 heterocycles. The molecule has 0 bridgehead atoms. The molecule has 1 N–H and O–H groups in total. The second kappa shape index (κ2) is 4.02. The van der Waals surface area contributed by atoms with E-state index in [1.807, 2.05) is 18.2 Å². The van der Waals surface area contributed by atoms with Gasteiger partial charge >= 0.3 is 5.97 Å². The van der Waals surface area contributed by atoms with Crippen LogP contribution in [0.4, 0.5) is 0 Å². The lowest BCUT2D eigenvalue weighted by Gasteiger charge is -2.00. The first-order chi connectivity index (χ1) is 7.16. The summed E-state index contributed by atoms with van der Waals surface area (Å²) in [6.07, 6.45) is 1.83. The van der Waals surface area contributed by atoms with E-state index in [4.69, 9.17) is 5.11 Å². The first-order valence-electron chi connectivity index (χ1n) is 4.50. The maximum atomic E-state index is 10.4. The van der Waals surface area contributed by atoms with Crippen molar-refractivity contribution in [2.45, 2.75) is 13.0 Å². The van der Waals surface area contributed by atoms with Gasteiger partial charge in [-0.3, -0.25) is 9.48 Å². The molecule has 0 amide bonds. The number of nitrogens with zero attached hydrogens (tertiary/aromatic N) is 2. The molecular weight excluding hydrogens is 260 g/mol. The third kappa shape index (κ3) is 2.18. The fourth-order valence-electron chi connectivity index (χ4n) is 1.44. The van der Waals surface area contributed by atoms with Crippen LogP contribution in [0.5, 0.6) is 0 Å². The van der Waals surface area contributed by atoms with Crippen molar-refractivity contribution in [2.75, 3.05) is 0 Å². The summed E-state index contributed by atoms with van der Waals surface area (Å²) in [6.45, 7) is 0.403. The van der Waals surface area contributed by atoms with E-state index in [0.29, 0.717) is 6.54 Å². The normalized spacial score (nSPS) is 10.7. The van der Waals surface area contributed by atoms with Gasteiger partial charge in [-0.2, -0.15) is 5.10 Å². The molecule has 0 aliphatic heterocycles. The predicted octanol–water partition coefficient (Wildman–Crippen LogP) is 2.27. The maximum Gasteiger partial charge on any atom is 0.305 e. The molecule has 0 spiro atoms. The van der Waals surface area contributed by atoms with Crippen molar-refractivity contribution in [3.05, 3.63) is 28.9 Å². The number of aromatic nitrogens is 2. The van der Waals surface area contributed by atoms with E-state index in [1.54, 1.807) is 10.9 Å². The van der Waals surface area contributed by atoms with Crippen LogP contribution in [-0.2, 0) is 11.3 Å². The van der Waals surface area contributed by atoms with Crippen LogP contribution in [0.1, 0.15) is 6.42 Å². The second-order valence-electron chi connectivity index (χ2n) is 3.21. The van der Waals surface area contributed by atoms with Gasteiger partial charge in [0.25, 0.3) is 0 Å². The topological polar surface area (TPSA) is 55.1 Å². The molecule has 4 nitrogen and oxygen atoms in total. The lowest BCUT2D eigenvalue weighted by atomic mass is 10.2. The van der Waals surface area contributed by atoms with E-state index in [9.17, 15) is 4.79 Å². The summed E-state index contributed by atoms with van der Waals surface area (Å²) in [5.41, 5.74) is 0.958. The van der Waals surface area contributed by atoms with Gasteiger partial charge in [0.15, 0.2) is 0 Å². The number of aliphatic carboxylic acids is 1. The molecule has 5 heteroatoms. The smallest absolute Gasteiger partial charge is 0.305 e. The Hall–Kier alpha value is -1.36. The Morgan fingerprint density at radius 1 is 1.53 bits per heavy atom. The Morgan fingerprint density at radius 3 is 3.07 bits per heavy atom. The number of hydrogen-bond donors (Lipinski definition) is 1. The number of benzene rings is 1. The van der Waals surface area contributed by atoms with Crippen LogP contribution in [0.3, 0.4) is 0 Å². The fourth-order valence-corrected chi connectivity index (χ4v) is 1.82. The first-order valence-corrected chi connectivity index (χ1v) is 5.29. The predicted molar refractivity (Wildman–Crippen MR) is 59.7 cm³/mol. The lowest BCUT2D eigenvalue weighted by Crippen LogP contribution is -2.05. The zero-order valence-corrected chi connectivity index (χ0v) is 9.44. The molecule has 0 aliphatic rings. The van der Waals surface area contributed by atoms with Crippen molar-refractivity contribution in [1.82, 2.24) is 9.78 Å². The molecule has 0 atom stereocenters. The Balaban J connectivity index is 2.32. The van der Waals surface area contributed by atoms with E-state index in [-0.39, 0.29) is 6.42 Å². The summed E-state index contributed by atoms with van der Waals surface area (Å²) >= 11 is 3.37. The van der Waals surface area contributed by atoms with Gasteiger partial charge in [-0.05, 0) is 18.2 Å². The Labute approximate surface area is 94.6 Å². The van der Waals surface area contributed by atoms with Crippen molar-refractivity contribution < 1.29 is 9.90 Å². The summed E-state index contributed by atoms with van der Waals surface area (Å²) in [6, 6.07) is 5.80. The molecule has 0 saturated carbocycles. The Morgan fingerprint density at radius 2 is 2.33 bits per heavy atom. The minimum Gasteiger partial charge on any atom is -0.481 e. The Kier molecular flexibility index (Phi) is 2.73. The maximum absolute atomic E-state index is 10.4. The second-order valence-corrected chi connectivity index (χ2v) is 4.13. The van der Waals surface area contributed by atoms with Gasteiger partial charge in [-0.25, -0.2) is 0 Å². The van der Waals surface area contributed by atoms with Crippen molar-refractivity contribution >= 4 is 32.8 Å². The van der Waals surface area contributed by atoms with Gasteiger partial charge in [0.05, 0.1) is 24.7 Å². The van der Waals surface area contributed by atoms with Crippen LogP contribution in [0, 0.1) is 0 Å². The van der Waals surface area contributed by atoms with Gasteiger partial charge in [0, 0.05) is 9.86 Å². The highest BCUT2D eigenvalue weighted by molar-refractivity contribution is 9.10. The minimum atomic E-state index is -0.809. The minimum absolute atomic E-state index is 0.0901. The van der Waals surface area contributed by atoms with Crippen molar-refractivity contribution in [2.24, 2.45) is 0 Å². The van der Waals surface area contributed by atoms with Crippen LogP contribution in [-0.4, -0.2) is 20.9 Å². The molecule has 1 aromatic carbocycles. The molecule has 0 radical (unpaired) electrons. The third-order valence-corrected chi connectivity index (χ3v) is 2.63.